The summed E-state index contributed by atoms with van der Waals surface area (Å²) in [4.78, 5) is 25.8. The van der Waals surface area contributed by atoms with Crippen LogP contribution in [0.25, 0.3) is 11.2 Å². The van der Waals surface area contributed by atoms with E-state index in [1.54, 1.807) is 35.2 Å². The molecule has 2 heterocycles. The fourth-order valence-corrected chi connectivity index (χ4v) is 7.02. The van der Waals surface area contributed by atoms with Crippen molar-refractivity contribution in [3.05, 3.63) is 48.5 Å². The summed E-state index contributed by atoms with van der Waals surface area (Å²) < 4.78 is 32.7. The molecule has 1 unspecified atom stereocenters. The van der Waals surface area contributed by atoms with Gasteiger partial charge in [-0.05, 0) is 52.2 Å². The predicted molar refractivity (Wildman–Crippen MR) is 152 cm³/mol. The van der Waals surface area contributed by atoms with Gasteiger partial charge < -0.3 is 18.9 Å². The monoisotopic (exact) mass is 569 g/mol. The Kier molecular flexibility index (Phi) is 10.1. The molecule has 1 saturated carbocycles. The number of imidazole rings is 1. The lowest BCUT2D eigenvalue weighted by molar-refractivity contribution is 0.0564. The van der Waals surface area contributed by atoms with E-state index in [-0.39, 0.29) is 42.8 Å². The average Bonchev–Trinajstić information content (AvgIpc) is 3.50. The maximum Gasteiger partial charge on any atom is 0.259 e. The summed E-state index contributed by atoms with van der Waals surface area (Å²) >= 11 is 0. The second-order valence-corrected chi connectivity index (χ2v) is 11.8. The number of anilines is 1. The number of alkyl halides is 1. The van der Waals surface area contributed by atoms with Crippen molar-refractivity contribution < 1.29 is 18.2 Å². The first-order chi connectivity index (χ1) is 19.3. The molecular weight excluding hydrogens is 532 g/mol. The van der Waals surface area contributed by atoms with Crippen molar-refractivity contribution in [1.29, 1.82) is 5.26 Å². The van der Waals surface area contributed by atoms with Crippen molar-refractivity contribution in [2.24, 2.45) is 5.92 Å². The predicted octanol–water partition coefficient (Wildman–Crippen LogP) is 6.05. The van der Waals surface area contributed by atoms with Crippen LogP contribution in [0, 0.1) is 17.2 Å². The molecule has 1 amide bonds. The largest absolute Gasteiger partial charge is 0.321 e. The SMILES string of the molecule is CC[C@H]1C[C@@H](n2cnc3c(NC(=O)c4ccccc4)ncnc32)[C@H](F)[C@@H]1OP(OCCC#N)N(C(C)C)C(C)C. The zero-order chi connectivity index (χ0) is 28.8. The Hall–Kier alpha value is -3.03. The smallest absolute Gasteiger partial charge is 0.259 e. The van der Waals surface area contributed by atoms with Crippen LogP contribution < -0.4 is 5.32 Å². The highest BCUT2D eigenvalue weighted by Gasteiger charge is 2.47. The van der Waals surface area contributed by atoms with Crippen molar-refractivity contribution in [3.8, 4) is 6.07 Å². The molecule has 40 heavy (non-hydrogen) atoms. The van der Waals surface area contributed by atoms with Gasteiger partial charge in [0.15, 0.2) is 17.0 Å². The van der Waals surface area contributed by atoms with Crippen LogP contribution in [0.15, 0.2) is 43.0 Å². The Morgan fingerprint density at radius 3 is 2.60 bits per heavy atom. The van der Waals surface area contributed by atoms with Gasteiger partial charge in [0, 0.05) is 17.6 Å². The lowest BCUT2D eigenvalue weighted by Gasteiger charge is -2.38. The third-order valence-corrected chi connectivity index (χ3v) is 9.20. The number of benzene rings is 1. The van der Waals surface area contributed by atoms with Gasteiger partial charge in [0.05, 0.1) is 31.5 Å². The number of nitrogens with zero attached hydrogens (tertiary/aromatic N) is 6. The minimum absolute atomic E-state index is 0.0534. The lowest BCUT2D eigenvalue weighted by atomic mass is 10.0. The number of carbonyl (C=O) groups is 1. The highest BCUT2D eigenvalue weighted by molar-refractivity contribution is 7.44. The second kappa shape index (κ2) is 13.6. The molecule has 12 heteroatoms. The van der Waals surface area contributed by atoms with Gasteiger partial charge in [-0.2, -0.15) is 5.26 Å². The van der Waals surface area contributed by atoms with Crippen LogP contribution in [0.1, 0.15) is 70.3 Å². The molecule has 1 fully saturated rings. The molecule has 0 aliphatic heterocycles. The van der Waals surface area contributed by atoms with Gasteiger partial charge in [0.1, 0.15) is 18.6 Å². The summed E-state index contributed by atoms with van der Waals surface area (Å²) in [6.07, 6.45) is 2.37. The molecule has 0 spiro atoms. The molecule has 0 radical (unpaired) electrons. The van der Waals surface area contributed by atoms with Crippen LogP contribution in [0.3, 0.4) is 0 Å². The van der Waals surface area contributed by atoms with Gasteiger partial charge in [-0.3, -0.25) is 4.79 Å². The van der Waals surface area contributed by atoms with Gasteiger partial charge >= 0.3 is 0 Å². The molecule has 0 saturated heterocycles. The number of hydrogen-bond donors (Lipinski definition) is 1. The highest BCUT2D eigenvalue weighted by atomic mass is 31.2. The summed E-state index contributed by atoms with van der Waals surface area (Å²) in [5.41, 5.74) is 1.33. The first-order valence-corrected chi connectivity index (χ1v) is 14.8. The van der Waals surface area contributed by atoms with E-state index < -0.39 is 26.8 Å². The van der Waals surface area contributed by atoms with Gasteiger partial charge in [0.25, 0.3) is 14.4 Å². The van der Waals surface area contributed by atoms with Crippen LogP contribution in [0.2, 0.25) is 0 Å². The Bertz CT molecular complexity index is 1310. The Labute approximate surface area is 235 Å². The zero-order valence-corrected chi connectivity index (χ0v) is 24.5. The Balaban J connectivity index is 1.59. The molecule has 5 atom stereocenters. The lowest BCUT2D eigenvalue weighted by Crippen LogP contribution is -2.37. The Morgan fingerprint density at radius 1 is 1.23 bits per heavy atom. The minimum Gasteiger partial charge on any atom is -0.321 e. The first-order valence-electron chi connectivity index (χ1n) is 13.7. The fraction of sp³-hybridized carbons (Fsp3) is 0.536. The normalized spacial score (nSPS) is 21.8. The number of fused-ring (bicyclic) bond motifs is 1. The van der Waals surface area contributed by atoms with Gasteiger partial charge in [-0.15, -0.1) is 0 Å². The summed E-state index contributed by atoms with van der Waals surface area (Å²) in [6, 6.07) is 10.6. The molecule has 1 aromatic carbocycles. The van der Waals surface area contributed by atoms with Crippen molar-refractivity contribution >= 4 is 31.4 Å². The zero-order valence-electron chi connectivity index (χ0n) is 23.6. The molecular formula is C28H37FN7O3P. The quantitative estimate of drug-likeness (QED) is 0.207. The van der Waals surface area contributed by atoms with Gasteiger partial charge in [-0.1, -0.05) is 31.5 Å². The van der Waals surface area contributed by atoms with Crippen molar-refractivity contribution in [3.63, 3.8) is 0 Å². The van der Waals surface area contributed by atoms with Gasteiger partial charge in [-0.25, -0.2) is 24.0 Å². The van der Waals surface area contributed by atoms with Crippen LogP contribution >= 0.6 is 8.53 Å². The van der Waals surface area contributed by atoms with E-state index in [2.05, 4.69) is 58.7 Å². The maximum atomic E-state index is 16.3. The van der Waals surface area contributed by atoms with E-state index >= 15 is 4.39 Å². The molecule has 0 bridgehead atoms. The third kappa shape index (κ3) is 6.47. The van der Waals surface area contributed by atoms with E-state index in [9.17, 15) is 4.79 Å². The minimum atomic E-state index is -1.59. The van der Waals surface area contributed by atoms with E-state index in [1.807, 2.05) is 13.0 Å². The molecule has 1 N–H and O–H groups in total. The third-order valence-electron chi connectivity index (χ3n) is 7.07. The average molecular weight is 570 g/mol. The van der Waals surface area contributed by atoms with Crippen LogP contribution in [0.5, 0.6) is 0 Å². The molecule has 2 aromatic heterocycles. The summed E-state index contributed by atoms with van der Waals surface area (Å²) in [5, 5.41) is 11.8. The van der Waals surface area contributed by atoms with Crippen LogP contribution in [-0.2, 0) is 9.05 Å². The number of halogens is 1. The molecule has 3 aromatic rings. The van der Waals surface area contributed by atoms with Crippen molar-refractivity contribution in [1.82, 2.24) is 24.2 Å². The van der Waals surface area contributed by atoms with E-state index in [1.165, 1.54) is 6.33 Å². The number of rotatable bonds is 12. The molecule has 1 aliphatic rings. The summed E-state index contributed by atoms with van der Waals surface area (Å²) in [5.74, 6) is -0.101. The fourth-order valence-electron chi connectivity index (χ4n) is 5.22. The van der Waals surface area contributed by atoms with E-state index in [0.29, 0.717) is 23.1 Å². The molecule has 214 valence electrons. The molecule has 10 nitrogen and oxygen atoms in total. The second-order valence-electron chi connectivity index (χ2n) is 10.4. The number of hydrogen-bond acceptors (Lipinski definition) is 8. The van der Waals surface area contributed by atoms with E-state index in [0.717, 1.165) is 6.42 Å². The maximum absolute atomic E-state index is 16.3. The first kappa shape index (κ1) is 29.9. The topological polar surface area (TPSA) is 118 Å². The Morgan fingerprint density at radius 2 is 1.95 bits per heavy atom. The van der Waals surface area contributed by atoms with E-state index in [4.69, 9.17) is 14.3 Å². The highest BCUT2D eigenvalue weighted by Crippen LogP contribution is 2.52. The number of aromatic nitrogens is 4. The summed E-state index contributed by atoms with van der Waals surface area (Å²) in [6.45, 7) is 10.5. The van der Waals surface area contributed by atoms with Crippen molar-refractivity contribution in [2.45, 2.75) is 84.3 Å². The number of amides is 1. The number of nitrogens with one attached hydrogen (secondary N) is 1. The number of nitriles is 1. The standard InChI is InChI=1S/C28H37FN7O3P/c1-6-20-15-22(23(29)25(20)39-40(38-14-10-13-30)36(18(2)3)19(4)5)35-17-33-24-26(31-16-32-27(24)35)34-28(37)21-11-8-7-9-12-21/h7-9,11-12,16-20,22-23,25H,6,10,14-15H2,1-5H3,(H,31,32,34,37)/t20-,22+,23-,25+,40?/m0/s1. The van der Waals surface area contributed by atoms with Crippen molar-refractivity contribution in [2.75, 3.05) is 11.9 Å². The molecule has 1 aliphatic carbocycles. The van der Waals surface area contributed by atoms with Gasteiger partial charge in [0.2, 0.25) is 0 Å². The van der Waals surface area contributed by atoms with Crippen LogP contribution in [-0.4, -0.2) is 61.1 Å². The number of carbonyl (C=O) groups excluding carboxylic acids is 1. The molecule has 4 rings (SSSR count). The van der Waals surface area contributed by atoms with Crippen LogP contribution in [0.4, 0.5) is 10.2 Å². The summed E-state index contributed by atoms with van der Waals surface area (Å²) in [7, 11) is -1.59.